The van der Waals surface area contributed by atoms with Gasteiger partial charge in [-0.2, -0.15) is 5.26 Å². The summed E-state index contributed by atoms with van der Waals surface area (Å²) >= 11 is 15.2. The molecule has 3 rings (SSSR count). The van der Waals surface area contributed by atoms with Crippen molar-refractivity contribution >= 4 is 56.8 Å². The Hall–Kier alpha value is -2.52. The van der Waals surface area contributed by atoms with Crippen molar-refractivity contribution in [1.82, 2.24) is 0 Å². The van der Waals surface area contributed by atoms with Crippen LogP contribution in [0, 0.1) is 11.3 Å². The lowest BCUT2D eigenvalue weighted by atomic mass is 10.2. The molecule has 0 radical (unpaired) electrons. The summed E-state index contributed by atoms with van der Waals surface area (Å²) in [7, 11) is 0. The molecule has 0 saturated carbocycles. The van der Waals surface area contributed by atoms with E-state index in [1.165, 1.54) is 12.1 Å². The molecule has 1 heterocycles. The van der Waals surface area contributed by atoms with Crippen molar-refractivity contribution in [1.29, 1.82) is 5.26 Å². The SMILES string of the molecule is N#C/C(=C\c1ccc(-c2ccc(Br)cc2)o1)C(=O)Nc1ccc(Cl)c(Cl)c1. The lowest BCUT2D eigenvalue weighted by molar-refractivity contribution is -0.112. The van der Waals surface area contributed by atoms with E-state index in [0.717, 1.165) is 10.0 Å². The summed E-state index contributed by atoms with van der Waals surface area (Å²) in [6.45, 7) is 0. The summed E-state index contributed by atoms with van der Waals surface area (Å²) in [5, 5.41) is 12.6. The van der Waals surface area contributed by atoms with Crippen LogP contribution in [0.2, 0.25) is 10.0 Å². The zero-order chi connectivity index (χ0) is 19.4. The number of carbonyl (C=O) groups is 1. The fourth-order valence-corrected chi connectivity index (χ4v) is 2.83. The first-order chi connectivity index (χ1) is 13.0. The minimum Gasteiger partial charge on any atom is -0.457 e. The third-order valence-electron chi connectivity index (χ3n) is 3.58. The van der Waals surface area contributed by atoms with Crippen LogP contribution in [0.25, 0.3) is 17.4 Å². The summed E-state index contributed by atoms with van der Waals surface area (Å²) in [5.41, 5.74) is 1.22. The molecule has 7 heteroatoms. The number of benzene rings is 2. The number of amides is 1. The minimum absolute atomic E-state index is 0.0993. The van der Waals surface area contributed by atoms with Gasteiger partial charge in [-0.05, 0) is 42.5 Å². The fourth-order valence-electron chi connectivity index (χ4n) is 2.26. The predicted octanol–water partition coefficient (Wildman–Crippen LogP) is 6.56. The molecule has 0 aliphatic rings. The number of furan rings is 1. The van der Waals surface area contributed by atoms with Crippen molar-refractivity contribution in [3.8, 4) is 17.4 Å². The lowest BCUT2D eigenvalue weighted by Crippen LogP contribution is -2.13. The van der Waals surface area contributed by atoms with Crippen molar-refractivity contribution in [2.75, 3.05) is 5.32 Å². The number of carbonyl (C=O) groups excluding carboxylic acids is 1. The molecule has 0 atom stereocenters. The first-order valence-corrected chi connectivity index (χ1v) is 9.25. The van der Waals surface area contributed by atoms with Gasteiger partial charge in [0, 0.05) is 21.8 Å². The fraction of sp³-hybridized carbons (Fsp3) is 0. The van der Waals surface area contributed by atoms with Gasteiger partial charge in [0.25, 0.3) is 5.91 Å². The van der Waals surface area contributed by atoms with Crippen molar-refractivity contribution in [2.24, 2.45) is 0 Å². The first-order valence-electron chi connectivity index (χ1n) is 7.70. The normalized spacial score (nSPS) is 11.1. The first kappa shape index (κ1) is 19.2. The van der Waals surface area contributed by atoms with Crippen LogP contribution < -0.4 is 5.32 Å². The van der Waals surface area contributed by atoms with Gasteiger partial charge in [0.05, 0.1) is 10.0 Å². The zero-order valence-electron chi connectivity index (χ0n) is 13.7. The summed E-state index contributed by atoms with van der Waals surface area (Å²) in [6.07, 6.45) is 1.38. The highest BCUT2D eigenvalue weighted by Crippen LogP contribution is 2.26. The minimum atomic E-state index is -0.572. The van der Waals surface area contributed by atoms with Gasteiger partial charge in [-0.15, -0.1) is 0 Å². The third kappa shape index (κ3) is 4.81. The maximum absolute atomic E-state index is 12.3. The maximum atomic E-state index is 12.3. The highest BCUT2D eigenvalue weighted by molar-refractivity contribution is 9.10. The van der Waals surface area contributed by atoms with E-state index in [2.05, 4.69) is 21.2 Å². The number of hydrogen-bond acceptors (Lipinski definition) is 3. The smallest absolute Gasteiger partial charge is 0.266 e. The molecule has 0 saturated heterocycles. The Morgan fingerprint density at radius 3 is 2.48 bits per heavy atom. The highest BCUT2D eigenvalue weighted by Gasteiger charge is 2.12. The van der Waals surface area contributed by atoms with E-state index in [4.69, 9.17) is 27.6 Å². The lowest BCUT2D eigenvalue weighted by Gasteiger charge is -2.05. The van der Waals surface area contributed by atoms with Crippen LogP contribution in [0.1, 0.15) is 5.76 Å². The molecule has 1 aromatic heterocycles. The topological polar surface area (TPSA) is 66.0 Å². The van der Waals surface area contributed by atoms with E-state index in [1.807, 2.05) is 30.3 Å². The second-order valence-electron chi connectivity index (χ2n) is 5.46. The van der Waals surface area contributed by atoms with E-state index in [9.17, 15) is 10.1 Å². The van der Waals surface area contributed by atoms with Gasteiger partial charge >= 0.3 is 0 Å². The second kappa shape index (κ2) is 8.45. The molecule has 4 nitrogen and oxygen atoms in total. The molecule has 0 bridgehead atoms. The van der Waals surface area contributed by atoms with E-state index in [1.54, 1.807) is 24.3 Å². The highest BCUT2D eigenvalue weighted by atomic mass is 79.9. The van der Waals surface area contributed by atoms with Crippen molar-refractivity contribution < 1.29 is 9.21 Å². The van der Waals surface area contributed by atoms with E-state index in [0.29, 0.717) is 27.3 Å². The zero-order valence-corrected chi connectivity index (χ0v) is 16.8. The molecular formula is C20H11BrCl2N2O2. The van der Waals surface area contributed by atoms with Crippen LogP contribution in [-0.4, -0.2) is 5.91 Å². The number of anilines is 1. The summed E-state index contributed by atoms with van der Waals surface area (Å²) < 4.78 is 6.68. The van der Waals surface area contributed by atoms with E-state index < -0.39 is 5.91 Å². The molecule has 0 aliphatic heterocycles. The van der Waals surface area contributed by atoms with Crippen LogP contribution >= 0.6 is 39.1 Å². The maximum Gasteiger partial charge on any atom is 0.266 e. The molecular weight excluding hydrogens is 451 g/mol. The second-order valence-corrected chi connectivity index (χ2v) is 7.19. The van der Waals surface area contributed by atoms with E-state index in [-0.39, 0.29) is 5.57 Å². The van der Waals surface area contributed by atoms with Gasteiger partial charge in [0.2, 0.25) is 0 Å². The Bertz CT molecular complexity index is 1070. The molecule has 0 spiro atoms. The van der Waals surface area contributed by atoms with E-state index >= 15 is 0 Å². The Kier molecular flexibility index (Phi) is 6.02. The van der Waals surface area contributed by atoms with Crippen molar-refractivity contribution in [2.45, 2.75) is 0 Å². The standard InChI is InChI=1S/C20H11BrCl2N2O2/c21-14-3-1-12(2-4-14)19-8-6-16(27-19)9-13(11-24)20(26)25-15-5-7-17(22)18(23)10-15/h1-10H,(H,25,26)/b13-9+. The quantitative estimate of drug-likeness (QED) is 0.353. The number of halogens is 3. The van der Waals surface area contributed by atoms with Crippen LogP contribution in [0.3, 0.4) is 0 Å². The van der Waals surface area contributed by atoms with Crippen molar-refractivity contribution in [3.05, 3.63) is 80.4 Å². The molecule has 0 aliphatic carbocycles. The molecule has 1 amide bonds. The number of rotatable bonds is 4. The largest absolute Gasteiger partial charge is 0.457 e. The molecule has 3 aromatic rings. The van der Waals surface area contributed by atoms with Gasteiger partial charge in [-0.25, -0.2) is 0 Å². The Balaban J connectivity index is 1.79. The molecule has 0 unspecified atom stereocenters. The Morgan fingerprint density at radius 2 is 1.81 bits per heavy atom. The predicted molar refractivity (Wildman–Crippen MR) is 111 cm³/mol. The van der Waals surface area contributed by atoms with Gasteiger partial charge in [-0.3, -0.25) is 4.79 Å². The summed E-state index contributed by atoms with van der Waals surface area (Å²) in [5.74, 6) is 0.460. The summed E-state index contributed by atoms with van der Waals surface area (Å²) in [6, 6.07) is 17.6. The Morgan fingerprint density at radius 1 is 1.07 bits per heavy atom. The Labute approximate surface area is 174 Å². The van der Waals surface area contributed by atoms with Crippen LogP contribution in [0.15, 0.2) is 69.1 Å². The average Bonchev–Trinajstić information content (AvgIpc) is 3.12. The molecule has 0 fully saturated rings. The van der Waals surface area contributed by atoms with Crippen LogP contribution in [-0.2, 0) is 4.79 Å². The van der Waals surface area contributed by atoms with Gasteiger partial charge in [-0.1, -0.05) is 51.3 Å². The van der Waals surface area contributed by atoms with Crippen molar-refractivity contribution in [3.63, 3.8) is 0 Å². The van der Waals surface area contributed by atoms with Gasteiger partial charge in [0.15, 0.2) is 0 Å². The van der Waals surface area contributed by atoms with Gasteiger partial charge in [0.1, 0.15) is 23.2 Å². The summed E-state index contributed by atoms with van der Waals surface area (Å²) in [4.78, 5) is 12.3. The number of nitriles is 1. The third-order valence-corrected chi connectivity index (χ3v) is 4.85. The average molecular weight is 462 g/mol. The monoisotopic (exact) mass is 460 g/mol. The van der Waals surface area contributed by atoms with Gasteiger partial charge < -0.3 is 9.73 Å². The number of nitrogens with zero attached hydrogens (tertiary/aromatic N) is 1. The number of nitrogens with one attached hydrogen (secondary N) is 1. The van der Waals surface area contributed by atoms with Crippen LogP contribution in [0.5, 0.6) is 0 Å². The molecule has 27 heavy (non-hydrogen) atoms. The molecule has 1 N–H and O–H groups in total. The van der Waals surface area contributed by atoms with Crippen LogP contribution in [0.4, 0.5) is 5.69 Å². The molecule has 2 aromatic carbocycles. The number of hydrogen-bond donors (Lipinski definition) is 1. The molecule has 134 valence electrons.